The minimum absolute atomic E-state index is 0.126. The van der Waals surface area contributed by atoms with Crippen LogP contribution in [0.3, 0.4) is 0 Å². The number of methoxy groups -OCH3 is 1. The number of hydrogen-bond acceptors (Lipinski definition) is 3. The zero-order valence-corrected chi connectivity index (χ0v) is 17.2. The summed E-state index contributed by atoms with van der Waals surface area (Å²) in [6.45, 7) is 1.35. The van der Waals surface area contributed by atoms with Gasteiger partial charge in [0.25, 0.3) is 5.91 Å². The van der Waals surface area contributed by atoms with Crippen molar-refractivity contribution in [2.75, 3.05) is 7.11 Å². The van der Waals surface area contributed by atoms with E-state index in [9.17, 15) is 9.59 Å². The Hall–Kier alpha value is -3.73. The minimum atomic E-state index is -0.378. The van der Waals surface area contributed by atoms with Crippen molar-refractivity contribution in [1.29, 1.82) is 0 Å². The van der Waals surface area contributed by atoms with E-state index in [-0.39, 0.29) is 17.7 Å². The number of amides is 2. The van der Waals surface area contributed by atoms with Crippen LogP contribution >= 0.6 is 0 Å². The SMILES string of the molecule is COC1=CC2=C(c3ccc(CC(=O)N4Cc5ccccc5C4)cc3)C=NC(=O)C2C=C1. The third-order valence-corrected chi connectivity index (χ3v) is 6.03. The van der Waals surface area contributed by atoms with Gasteiger partial charge in [0.15, 0.2) is 0 Å². The van der Waals surface area contributed by atoms with Gasteiger partial charge in [-0.1, -0.05) is 54.6 Å². The van der Waals surface area contributed by atoms with Gasteiger partial charge in [0.2, 0.25) is 5.91 Å². The molecule has 0 spiro atoms. The van der Waals surface area contributed by atoms with Gasteiger partial charge in [-0.25, -0.2) is 4.99 Å². The Morgan fingerprint density at radius 1 is 1.10 bits per heavy atom. The molecule has 0 saturated carbocycles. The van der Waals surface area contributed by atoms with Gasteiger partial charge in [0.1, 0.15) is 5.76 Å². The Balaban J connectivity index is 1.34. The van der Waals surface area contributed by atoms with Crippen molar-refractivity contribution < 1.29 is 14.3 Å². The monoisotopic (exact) mass is 410 g/mol. The second-order valence-electron chi connectivity index (χ2n) is 7.95. The zero-order valence-electron chi connectivity index (χ0n) is 17.2. The van der Waals surface area contributed by atoms with E-state index in [1.54, 1.807) is 19.4 Å². The minimum Gasteiger partial charge on any atom is -0.497 e. The molecule has 0 N–H and O–H groups in total. The Bertz CT molecular complexity index is 1160. The number of benzene rings is 2. The summed E-state index contributed by atoms with van der Waals surface area (Å²) in [5.74, 6) is 0.286. The van der Waals surface area contributed by atoms with Gasteiger partial charge >= 0.3 is 0 Å². The van der Waals surface area contributed by atoms with E-state index >= 15 is 0 Å². The van der Waals surface area contributed by atoms with Gasteiger partial charge in [-0.3, -0.25) is 9.59 Å². The summed E-state index contributed by atoms with van der Waals surface area (Å²) in [5.41, 5.74) is 6.17. The van der Waals surface area contributed by atoms with Crippen molar-refractivity contribution in [3.63, 3.8) is 0 Å². The summed E-state index contributed by atoms with van der Waals surface area (Å²) in [6.07, 6.45) is 7.51. The number of ether oxygens (including phenoxy) is 1. The molecule has 2 aromatic carbocycles. The molecule has 2 heterocycles. The number of nitrogens with zero attached hydrogens (tertiary/aromatic N) is 2. The van der Waals surface area contributed by atoms with Crippen LogP contribution in [0.25, 0.3) is 5.57 Å². The first kappa shape index (κ1) is 19.2. The number of hydrogen-bond donors (Lipinski definition) is 0. The van der Waals surface area contributed by atoms with Crippen LogP contribution in [0.5, 0.6) is 0 Å². The maximum Gasteiger partial charge on any atom is 0.257 e. The molecule has 2 amide bonds. The number of rotatable bonds is 4. The fourth-order valence-electron chi connectivity index (χ4n) is 4.30. The van der Waals surface area contributed by atoms with Gasteiger partial charge in [-0.2, -0.15) is 0 Å². The van der Waals surface area contributed by atoms with Crippen molar-refractivity contribution in [2.45, 2.75) is 19.5 Å². The summed E-state index contributed by atoms with van der Waals surface area (Å²) in [6, 6.07) is 16.1. The maximum atomic E-state index is 12.8. The molecule has 1 unspecified atom stereocenters. The van der Waals surface area contributed by atoms with Gasteiger partial charge in [0.05, 0.1) is 19.4 Å². The molecule has 2 aliphatic heterocycles. The Morgan fingerprint density at radius 2 is 1.81 bits per heavy atom. The van der Waals surface area contributed by atoms with Gasteiger partial charge in [-0.05, 0) is 40.0 Å². The van der Waals surface area contributed by atoms with Crippen LogP contribution in [-0.4, -0.2) is 30.0 Å². The standard InChI is InChI=1S/C26H22N2O3/c1-31-21-10-11-22-23(13-21)24(14-27-26(22)30)18-8-6-17(7-9-18)12-25(29)28-15-19-4-2-3-5-20(19)16-28/h2-11,13-14,22H,12,15-16H2,1H3. The molecule has 3 aliphatic rings. The highest BCUT2D eigenvalue weighted by Gasteiger charge is 2.28. The fourth-order valence-corrected chi connectivity index (χ4v) is 4.30. The highest BCUT2D eigenvalue weighted by atomic mass is 16.5. The Labute approximate surface area is 181 Å². The first-order chi connectivity index (χ1) is 15.1. The Kier molecular flexibility index (Phi) is 4.86. The molecule has 0 saturated heterocycles. The average Bonchev–Trinajstić information content (AvgIpc) is 3.24. The highest BCUT2D eigenvalue weighted by Crippen LogP contribution is 2.33. The smallest absolute Gasteiger partial charge is 0.257 e. The molecule has 5 nitrogen and oxygen atoms in total. The molecular formula is C26H22N2O3. The molecule has 1 aliphatic carbocycles. The number of carbonyl (C=O) groups excluding carboxylic acids is 2. The van der Waals surface area contributed by atoms with Crippen LogP contribution in [0.1, 0.15) is 22.3 Å². The number of fused-ring (bicyclic) bond motifs is 2. The molecule has 0 radical (unpaired) electrons. The number of allylic oxidation sites excluding steroid dienone is 3. The zero-order chi connectivity index (χ0) is 21.4. The van der Waals surface area contributed by atoms with E-state index in [2.05, 4.69) is 17.1 Å². The molecule has 0 aromatic heterocycles. The van der Waals surface area contributed by atoms with E-state index in [1.807, 2.05) is 53.5 Å². The van der Waals surface area contributed by atoms with Crippen molar-refractivity contribution in [3.8, 4) is 0 Å². The van der Waals surface area contributed by atoms with E-state index in [0.29, 0.717) is 25.3 Å². The molecule has 1 atom stereocenters. The fraction of sp³-hybridized carbons (Fsp3) is 0.192. The van der Waals surface area contributed by atoms with E-state index in [1.165, 1.54) is 11.1 Å². The quantitative estimate of drug-likeness (QED) is 0.769. The molecular weight excluding hydrogens is 388 g/mol. The number of carbonyl (C=O) groups is 2. The topological polar surface area (TPSA) is 59.0 Å². The molecule has 5 rings (SSSR count). The molecule has 31 heavy (non-hydrogen) atoms. The van der Waals surface area contributed by atoms with E-state index < -0.39 is 0 Å². The molecule has 0 fully saturated rings. The van der Waals surface area contributed by atoms with Crippen molar-refractivity contribution in [1.82, 2.24) is 4.90 Å². The molecule has 0 bridgehead atoms. The second-order valence-corrected chi connectivity index (χ2v) is 7.95. The van der Waals surface area contributed by atoms with Crippen LogP contribution < -0.4 is 0 Å². The summed E-state index contributed by atoms with van der Waals surface area (Å²) in [7, 11) is 1.61. The highest BCUT2D eigenvalue weighted by molar-refractivity contribution is 6.19. The van der Waals surface area contributed by atoms with E-state index in [4.69, 9.17) is 4.74 Å². The normalized spacial score (nSPS) is 19.3. The average molecular weight is 410 g/mol. The summed E-state index contributed by atoms with van der Waals surface area (Å²) in [4.78, 5) is 30.9. The van der Waals surface area contributed by atoms with Gasteiger partial charge in [0, 0.05) is 24.9 Å². The van der Waals surface area contributed by atoms with Crippen LogP contribution in [0, 0.1) is 5.92 Å². The summed E-state index contributed by atoms with van der Waals surface area (Å²) in [5, 5.41) is 0. The third kappa shape index (κ3) is 3.63. The lowest BCUT2D eigenvalue weighted by molar-refractivity contribution is -0.131. The first-order valence-corrected chi connectivity index (χ1v) is 10.3. The molecule has 2 aromatic rings. The van der Waals surface area contributed by atoms with Crippen LogP contribution in [0.15, 0.2) is 83.1 Å². The second kappa shape index (κ2) is 7.84. The largest absolute Gasteiger partial charge is 0.497 e. The third-order valence-electron chi connectivity index (χ3n) is 6.03. The Morgan fingerprint density at radius 3 is 2.48 bits per heavy atom. The summed E-state index contributed by atoms with van der Waals surface area (Å²) < 4.78 is 5.34. The number of aliphatic imine (C=N–C) groups is 1. The lowest BCUT2D eigenvalue weighted by atomic mass is 9.85. The summed E-state index contributed by atoms with van der Waals surface area (Å²) >= 11 is 0. The number of dihydropyridines is 1. The van der Waals surface area contributed by atoms with Gasteiger partial charge in [-0.15, -0.1) is 0 Å². The predicted molar refractivity (Wildman–Crippen MR) is 119 cm³/mol. The van der Waals surface area contributed by atoms with Crippen molar-refractivity contribution in [3.05, 3.63) is 100 Å². The van der Waals surface area contributed by atoms with Crippen LogP contribution in [0.2, 0.25) is 0 Å². The lowest BCUT2D eigenvalue weighted by Gasteiger charge is -2.22. The van der Waals surface area contributed by atoms with Crippen LogP contribution in [-0.2, 0) is 33.8 Å². The van der Waals surface area contributed by atoms with Crippen molar-refractivity contribution in [2.24, 2.45) is 10.9 Å². The van der Waals surface area contributed by atoms with Crippen LogP contribution in [0.4, 0.5) is 0 Å². The molecule has 5 heteroatoms. The van der Waals surface area contributed by atoms with E-state index in [0.717, 1.165) is 22.3 Å². The maximum absolute atomic E-state index is 12.8. The predicted octanol–water partition coefficient (Wildman–Crippen LogP) is 3.85. The lowest BCUT2D eigenvalue weighted by Crippen LogP contribution is -2.26. The van der Waals surface area contributed by atoms with Gasteiger partial charge < -0.3 is 9.64 Å². The molecule has 154 valence electrons. The van der Waals surface area contributed by atoms with Crippen molar-refractivity contribution >= 4 is 23.6 Å². The first-order valence-electron chi connectivity index (χ1n) is 10.3.